The summed E-state index contributed by atoms with van der Waals surface area (Å²) in [5.74, 6) is 0. The minimum Gasteiger partial charge on any atom is -0.309 e. The molecule has 0 spiro atoms. The van der Waals surface area contributed by atoms with Gasteiger partial charge in [0.15, 0.2) is 0 Å². The van der Waals surface area contributed by atoms with Crippen molar-refractivity contribution < 1.29 is 0 Å². The highest BCUT2D eigenvalue weighted by Crippen LogP contribution is 2.38. The second-order valence-corrected chi connectivity index (χ2v) is 18.3. The third-order valence-corrected chi connectivity index (χ3v) is 13.8. The number of para-hydroxylation sites is 2. The largest absolute Gasteiger partial charge is 0.309 e. The van der Waals surface area contributed by atoms with Gasteiger partial charge in [0, 0.05) is 32.9 Å². The Morgan fingerprint density at radius 1 is 0.200 bits per heavy atom. The van der Waals surface area contributed by atoms with Crippen molar-refractivity contribution in [2.45, 2.75) is 13.8 Å². The fraction of sp³-hybridized carbons (Fsp3) is 0.0294. The molecule has 332 valence electrons. The van der Waals surface area contributed by atoms with E-state index in [0.29, 0.717) is 0 Å². The molecule has 13 rings (SSSR count). The molecule has 13 aromatic rings. The van der Waals surface area contributed by atoms with Crippen molar-refractivity contribution in [2.75, 3.05) is 0 Å². The summed E-state index contributed by atoms with van der Waals surface area (Å²) in [6.07, 6.45) is 0. The number of hydrogen-bond acceptors (Lipinski definition) is 0. The Morgan fingerprint density at radius 3 is 0.814 bits per heavy atom. The lowest BCUT2D eigenvalue weighted by atomic mass is 9.99. The van der Waals surface area contributed by atoms with Gasteiger partial charge in [0.2, 0.25) is 0 Å². The van der Waals surface area contributed by atoms with Crippen LogP contribution in [-0.2, 0) is 0 Å². The molecule has 2 heteroatoms. The van der Waals surface area contributed by atoms with Crippen LogP contribution in [0.3, 0.4) is 0 Å². The topological polar surface area (TPSA) is 9.86 Å². The van der Waals surface area contributed by atoms with Crippen LogP contribution in [0.1, 0.15) is 11.1 Å². The molecular weight excluding hydrogens is 845 g/mol. The summed E-state index contributed by atoms with van der Waals surface area (Å²) < 4.78 is 4.75. The van der Waals surface area contributed by atoms with Gasteiger partial charge in [-0.1, -0.05) is 217 Å². The van der Waals surface area contributed by atoms with Crippen LogP contribution >= 0.6 is 0 Å². The van der Waals surface area contributed by atoms with Gasteiger partial charge in [0.05, 0.1) is 22.1 Å². The van der Waals surface area contributed by atoms with Crippen LogP contribution in [0.5, 0.6) is 0 Å². The summed E-state index contributed by atoms with van der Waals surface area (Å²) >= 11 is 0. The predicted molar refractivity (Wildman–Crippen MR) is 298 cm³/mol. The van der Waals surface area contributed by atoms with Crippen molar-refractivity contribution in [3.8, 4) is 67.0 Å². The first kappa shape index (κ1) is 42.4. The van der Waals surface area contributed by atoms with Crippen LogP contribution in [0.25, 0.3) is 111 Å². The number of rotatable bonds is 7. The number of nitrogens with zero attached hydrogens (tertiary/aromatic N) is 2. The average Bonchev–Trinajstić information content (AvgIpc) is 3.94. The van der Waals surface area contributed by atoms with Gasteiger partial charge in [-0.3, -0.25) is 0 Å². The molecule has 11 aromatic carbocycles. The van der Waals surface area contributed by atoms with Gasteiger partial charge in [-0.2, -0.15) is 0 Å². The molecule has 0 saturated carbocycles. The van der Waals surface area contributed by atoms with Crippen LogP contribution in [0.2, 0.25) is 0 Å². The predicted octanol–water partition coefficient (Wildman–Crippen LogP) is 18.5. The van der Waals surface area contributed by atoms with Gasteiger partial charge >= 0.3 is 0 Å². The summed E-state index contributed by atoms with van der Waals surface area (Å²) in [4.78, 5) is 0. The van der Waals surface area contributed by atoms with E-state index in [4.69, 9.17) is 0 Å². The van der Waals surface area contributed by atoms with Crippen molar-refractivity contribution in [1.29, 1.82) is 0 Å². The second-order valence-electron chi connectivity index (χ2n) is 18.3. The Labute approximate surface area is 409 Å². The van der Waals surface area contributed by atoms with E-state index in [9.17, 15) is 0 Å². The third-order valence-electron chi connectivity index (χ3n) is 13.8. The first-order valence-electron chi connectivity index (χ1n) is 24.2. The minimum absolute atomic E-state index is 1.17. The van der Waals surface area contributed by atoms with Crippen molar-refractivity contribution in [1.82, 2.24) is 9.13 Å². The Balaban J connectivity index is 0.000000146. The molecule has 0 bridgehead atoms. The van der Waals surface area contributed by atoms with Crippen LogP contribution < -0.4 is 0 Å². The smallest absolute Gasteiger partial charge is 0.0541 e. The molecule has 2 aromatic heterocycles. The van der Waals surface area contributed by atoms with Crippen molar-refractivity contribution in [3.05, 3.63) is 278 Å². The van der Waals surface area contributed by atoms with Gasteiger partial charge in [0.1, 0.15) is 0 Å². The maximum Gasteiger partial charge on any atom is 0.0541 e. The zero-order valence-electron chi connectivity index (χ0n) is 39.3. The third kappa shape index (κ3) is 8.06. The van der Waals surface area contributed by atoms with E-state index in [1.54, 1.807) is 0 Å². The minimum atomic E-state index is 1.17. The molecule has 0 saturated heterocycles. The lowest BCUT2D eigenvalue weighted by Gasteiger charge is -2.10. The van der Waals surface area contributed by atoms with E-state index < -0.39 is 0 Å². The van der Waals surface area contributed by atoms with Crippen LogP contribution in [0.15, 0.2) is 267 Å². The number of hydrogen-bond donors (Lipinski definition) is 0. The molecule has 0 aliphatic carbocycles. The lowest BCUT2D eigenvalue weighted by molar-refractivity contribution is 1.18. The summed E-state index contributed by atoms with van der Waals surface area (Å²) in [5.41, 5.74) is 22.2. The summed E-state index contributed by atoms with van der Waals surface area (Å²) in [6, 6.07) is 96.3. The highest BCUT2D eigenvalue weighted by atomic mass is 15.0. The molecule has 0 N–H and O–H groups in total. The van der Waals surface area contributed by atoms with Crippen molar-refractivity contribution in [3.63, 3.8) is 0 Å². The van der Waals surface area contributed by atoms with Crippen LogP contribution in [-0.4, -0.2) is 9.13 Å². The van der Waals surface area contributed by atoms with E-state index in [-0.39, 0.29) is 0 Å². The molecule has 70 heavy (non-hydrogen) atoms. The van der Waals surface area contributed by atoms with E-state index >= 15 is 0 Å². The van der Waals surface area contributed by atoms with Gasteiger partial charge in [-0.05, 0) is 130 Å². The highest BCUT2D eigenvalue weighted by molar-refractivity contribution is 6.11. The van der Waals surface area contributed by atoms with E-state index in [0.717, 1.165) is 0 Å². The van der Waals surface area contributed by atoms with E-state index in [1.165, 1.54) is 122 Å². The number of aryl methyl sites for hydroxylation is 2. The fourth-order valence-corrected chi connectivity index (χ4v) is 10.1. The quantitative estimate of drug-likeness (QED) is 0.151. The molecule has 0 fully saturated rings. The molecular formula is C68H50N2. The van der Waals surface area contributed by atoms with Gasteiger partial charge in [-0.15, -0.1) is 0 Å². The summed E-state index contributed by atoms with van der Waals surface area (Å²) in [5, 5.41) is 5.11. The van der Waals surface area contributed by atoms with Gasteiger partial charge in [0.25, 0.3) is 0 Å². The summed E-state index contributed by atoms with van der Waals surface area (Å²) in [6.45, 7) is 4.25. The van der Waals surface area contributed by atoms with E-state index in [1.807, 2.05) is 0 Å². The highest BCUT2D eigenvalue weighted by Gasteiger charge is 2.15. The molecule has 0 unspecified atom stereocenters. The Bertz CT molecular complexity index is 3930. The normalized spacial score (nSPS) is 11.3. The monoisotopic (exact) mass is 894 g/mol. The fourth-order valence-electron chi connectivity index (χ4n) is 10.1. The van der Waals surface area contributed by atoms with E-state index in [2.05, 4.69) is 290 Å². The van der Waals surface area contributed by atoms with Gasteiger partial charge < -0.3 is 9.13 Å². The molecule has 0 atom stereocenters. The molecule has 0 amide bonds. The molecule has 2 heterocycles. The van der Waals surface area contributed by atoms with Crippen molar-refractivity contribution in [2.24, 2.45) is 0 Å². The number of benzene rings is 11. The Hall–Kier alpha value is -8.98. The zero-order valence-corrected chi connectivity index (χ0v) is 39.3. The first-order chi connectivity index (χ1) is 34.5. The maximum absolute atomic E-state index is 2.38. The maximum atomic E-state index is 2.38. The average molecular weight is 895 g/mol. The summed E-state index contributed by atoms with van der Waals surface area (Å²) in [7, 11) is 0. The van der Waals surface area contributed by atoms with Crippen molar-refractivity contribution >= 4 is 43.6 Å². The van der Waals surface area contributed by atoms with Gasteiger partial charge in [-0.25, -0.2) is 0 Å². The standard InChI is InChI=1S/C37H27N.C31H23N/c1-26-11-13-28(14-12-26)29-15-17-30(18-16-29)31-19-22-33(23-20-31)38-36-10-6-5-9-34(36)35-25-32(21-24-37(35)38)27-7-3-2-4-8-27;1-22-11-13-24(14-12-22)25-15-18-27(19-16-25)32-30-10-6-5-9-28(30)29-21-26(17-20-31(29)32)23-7-3-2-4-8-23/h2-25H,1H3;2-21H,1H3. The lowest BCUT2D eigenvalue weighted by Crippen LogP contribution is -1.93. The Kier molecular flexibility index (Phi) is 11.1. The second kappa shape index (κ2) is 18.3. The zero-order chi connectivity index (χ0) is 47.0. The van der Waals surface area contributed by atoms with Crippen LogP contribution in [0, 0.1) is 13.8 Å². The molecule has 0 aliphatic rings. The molecule has 2 nitrogen and oxygen atoms in total. The number of fused-ring (bicyclic) bond motifs is 6. The Morgan fingerprint density at radius 2 is 0.457 bits per heavy atom. The SMILES string of the molecule is Cc1ccc(-c2ccc(-c3ccc(-n4c5ccccc5c5cc(-c6ccccc6)ccc54)cc3)cc2)cc1.Cc1ccc(-c2ccc(-n3c4ccccc4c4cc(-c5ccccc5)ccc43)cc2)cc1. The molecule has 0 radical (unpaired) electrons. The van der Waals surface area contributed by atoms with Crippen LogP contribution in [0.4, 0.5) is 0 Å². The molecule has 0 aliphatic heterocycles. The first-order valence-corrected chi connectivity index (χ1v) is 24.2. The number of aromatic nitrogens is 2.